The molecule has 26 heavy (non-hydrogen) atoms. The Morgan fingerprint density at radius 2 is 1.77 bits per heavy atom. The summed E-state index contributed by atoms with van der Waals surface area (Å²) in [5.74, 6) is 1.29. The molecule has 0 atom stereocenters. The van der Waals surface area contributed by atoms with Gasteiger partial charge in [0, 0.05) is 5.41 Å². The van der Waals surface area contributed by atoms with E-state index in [-0.39, 0.29) is 18.1 Å². The lowest BCUT2D eigenvalue weighted by atomic mass is 9.85. The third kappa shape index (κ3) is 2.86. The SMILES string of the molecule is CC(C)(C)C1=NN(c2ccccc2)C(=O)C1=Cc1ccc2c(c1)OCO2. The van der Waals surface area contributed by atoms with E-state index in [0.29, 0.717) is 11.3 Å². The maximum Gasteiger partial charge on any atom is 0.280 e. The number of anilines is 1. The predicted molar refractivity (Wildman–Crippen MR) is 101 cm³/mol. The summed E-state index contributed by atoms with van der Waals surface area (Å²) in [5, 5.41) is 6.11. The van der Waals surface area contributed by atoms with Gasteiger partial charge in [-0.15, -0.1) is 0 Å². The first kappa shape index (κ1) is 16.4. The molecule has 0 bridgehead atoms. The smallest absolute Gasteiger partial charge is 0.280 e. The Hall–Kier alpha value is -3.08. The van der Waals surface area contributed by atoms with E-state index in [1.165, 1.54) is 5.01 Å². The molecule has 5 nitrogen and oxygen atoms in total. The molecule has 1 amide bonds. The van der Waals surface area contributed by atoms with Gasteiger partial charge in [0.15, 0.2) is 11.5 Å². The number of hydrogen-bond donors (Lipinski definition) is 0. The number of nitrogens with zero attached hydrogens (tertiary/aromatic N) is 2. The number of fused-ring (bicyclic) bond motifs is 1. The normalized spacial score (nSPS) is 17.8. The van der Waals surface area contributed by atoms with Gasteiger partial charge >= 0.3 is 0 Å². The second-order valence-corrected chi connectivity index (χ2v) is 7.32. The summed E-state index contributed by atoms with van der Waals surface area (Å²) in [7, 11) is 0. The largest absolute Gasteiger partial charge is 0.454 e. The zero-order valence-corrected chi connectivity index (χ0v) is 15.0. The Labute approximate surface area is 152 Å². The Bertz CT molecular complexity index is 924. The van der Waals surface area contributed by atoms with Gasteiger partial charge in [0.05, 0.1) is 17.0 Å². The molecule has 2 aromatic carbocycles. The molecule has 2 aliphatic heterocycles. The number of hydrogen-bond acceptors (Lipinski definition) is 4. The van der Waals surface area contributed by atoms with Crippen LogP contribution in [0, 0.1) is 5.41 Å². The molecule has 0 spiro atoms. The van der Waals surface area contributed by atoms with Crippen molar-refractivity contribution in [2.75, 3.05) is 11.8 Å². The van der Waals surface area contributed by atoms with Crippen LogP contribution in [0.25, 0.3) is 6.08 Å². The minimum absolute atomic E-state index is 0.126. The number of hydrazone groups is 1. The summed E-state index contributed by atoms with van der Waals surface area (Å²) >= 11 is 0. The monoisotopic (exact) mass is 348 g/mol. The molecule has 0 radical (unpaired) electrons. The van der Waals surface area contributed by atoms with E-state index in [1.807, 2.05) is 54.6 Å². The van der Waals surface area contributed by atoms with E-state index in [1.54, 1.807) is 0 Å². The van der Waals surface area contributed by atoms with Crippen molar-refractivity contribution in [3.63, 3.8) is 0 Å². The molecular formula is C21H20N2O3. The van der Waals surface area contributed by atoms with Crippen LogP contribution in [-0.4, -0.2) is 18.4 Å². The first-order valence-corrected chi connectivity index (χ1v) is 8.54. The van der Waals surface area contributed by atoms with Gasteiger partial charge in [-0.1, -0.05) is 45.0 Å². The van der Waals surface area contributed by atoms with Crippen molar-refractivity contribution in [1.82, 2.24) is 0 Å². The average Bonchev–Trinajstić information content (AvgIpc) is 3.20. The zero-order chi connectivity index (χ0) is 18.3. The molecule has 0 unspecified atom stereocenters. The molecule has 4 rings (SSSR count). The Morgan fingerprint density at radius 3 is 2.50 bits per heavy atom. The van der Waals surface area contributed by atoms with Crippen LogP contribution in [0.2, 0.25) is 0 Å². The van der Waals surface area contributed by atoms with E-state index >= 15 is 0 Å². The standard InChI is InChI=1S/C21H20N2O3/c1-21(2,3)19-16(11-14-9-10-17-18(12-14)26-13-25-17)20(24)23(22-19)15-7-5-4-6-8-15/h4-12H,13H2,1-3H3. The van der Waals surface area contributed by atoms with Crippen LogP contribution in [0.15, 0.2) is 59.2 Å². The van der Waals surface area contributed by atoms with Crippen molar-refractivity contribution >= 4 is 23.4 Å². The number of carbonyl (C=O) groups excluding carboxylic acids is 1. The summed E-state index contributed by atoms with van der Waals surface area (Å²) in [4.78, 5) is 13.1. The quantitative estimate of drug-likeness (QED) is 0.763. The van der Waals surface area contributed by atoms with E-state index in [0.717, 1.165) is 22.7 Å². The first-order chi connectivity index (χ1) is 12.4. The number of ether oxygens (including phenoxy) is 2. The van der Waals surface area contributed by atoms with Crippen LogP contribution >= 0.6 is 0 Å². The van der Waals surface area contributed by atoms with Gasteiger partial charge in [-0.05, 0) is 35.9 Å². The Balaban J connectivity index is 1.77. The lowest BCUT2D eigenvalue weighted by molar-refractivity contribution is -0.114. The van der Waals surface area contributed by atoms with Gasteiger partial charge < -0.3 is 9.47 Å². The topological polar surface area (TPSA) is 51.1 Å². The molecular weight excluding hydrogens is 328 g/mol. The van der Waals surface area contributed by atoms with Crippen molar-refractivity contribution in [2.24, 2.45) is 10.5 Å². The summed E-state index contributed by atoms with van der Waals surface area (Å²) in [6, 6.07) is 15.1. The molecule has 0 aliphatic carbocycles. The summed E-state index contributed by atoms with van der Waals surface area (Å²) in [6.45, 7) is 6.40. The van der Waals surface area contributed by atoms with Crippen molar-refractivity contribution in [3.8, 4) is 11.5 Å². The zero-order valence-electron chi connectivity index (χ0n) is 15.0. The van der Waals surface area contributed by atoms with Gasteiger partial charge in [-0.25, -0.2) is 0 Å². The maximum atomic E-state index is 13.1. The van der Waals surface area contributed by atoms with Gasteiger partial charge in [0.25, 0.3) is 5.91 Å². The van der Waals surface area contributed by atoms with Gasteiger partial charge in [-0.2, -0.15) is 10.1 Å². The fraction of sp³-hybridized carbons (Fsp3) is 0.238. The fourth-order valence-corrected chi connectivity index (χ4v) is 3.01. The molecule has 2 aromatic rings. The highest BCUT2D eigenvalue weighted by atomic mass is 16.7. The fourth-order valence-electron chi connectivity index (χ4n) is 3.01. The van der Waals surface area contributed by atoms with Crippen molar-refractivity contribution in [3.05, 3.63) is 59.7 Å². The molecule has 0 saturated carbocycles. The highest BCUT2D eigenvalue weighted by Gasteiger charge is 2.37. The molecule has 132 valence electrons. The molecule has 0 aromatic heterocycles. The number of rotatable bonds is 2. The molecule has 5 heteroatoms. The van der Waals surface area contributed by atoms with Crippen LogP contribution in [0.3, 0.4) is 0 Å². The lowest BCUT2D eigenvalue weighted by Gasteiger charge is -2.18. The van der Waals surface area contributed by atoms with Crippen molar-refractivity contribution < 1.29 is 14.3 Å². The molecule has 0 N–H and O–H groups in total. The lowest BCUT2D eigenvalue weighted by Crippen LogP contribution is -2.24. The first-order valence-electron chi connectivity index (χ1n) is 8.54. The summed E-state index contributed by atoms with van der Waals surface area (Å²) in [5.41, 5.74) is 2.74. The number of benzene rings is 2. The van der Waals surface area contributed by atoms with Crippen LogP contribution in [0.4, 0.5) is 5.69 Å². The Morgan fingerprint density at radius 1 is 1.04 bits per heavy atom. The van der Waals surface area contributed by atoms with E-state index in [2.05, 4.69) is 25.9 Å². The number of para-hydroxylation sites is 1. The van der Waals surface area contributed by atoms with Crippen LogP contribution < -0.4 is 14.5 Å². The van der Waals surface area contributed by atoms with Crippen LogP contribution in [-0.2, 0) is 4.79 Å². The third-order valence-corrected chi connectivity index (χ3v) is 4.30. The molecule has 0 fully saturated rings. The second-order valence-electron chi connectivity index (χ2n) is 7.32. The summed E-state index contributed by atoms with van der Waals surface area (Å²) < 4.78 is 10.8. The molecule has 2 aliphatic rings. The van der Waals surface area contributed by atoms with E-state index in [9.17, 15) is 4.79 Å². The maximum absolute atomic E-state index is 13.1. The highest BCUT2D eigenvalue weighted by Crippen LogP contribution is 2.35. The number of amides is 1. The van der Waals surface area contributed by atoms with Gasteiger partial charge in [0.2, 0.25) is 6.79 Å². The number of carbonyl (C=O) groups is 1. The van der Waals surface area contributed by atoms with Gasteiger partial charge in [0.1, 0.15) is 0 Å². The minimum atomic E-state index is -0.263. The molecule has 2 heterocycles. The van der Waals surface area contributed by atoms with Crippen molar-refractivity contribution in [1.29, 1.82) is 0 Å². The minimum Gasteiger partial charge on any atom is -0.454 e. The van der Waals surface area contributed by atoms with Crippen LogP contribution in [0.1, 0.15) is 26.3 Å². The average molecular weight is 348 g/mol. The predicted octanol–water partition coefficient (Wildman–Crippen LogP) is 4.25. The van der Waals surface area contributed by atoms with Gasteiger partial charge in [-0.3, -0.25) is 4.79 Å². The van der Waals surface area contributed by atoms with E-state index < -0.39 is 0 Å². The summed E-state index contributed by atoms with van der Waals surface area (Å²) in [6.07, 6.45) is 1.87. The third-order valence-electron chi connectivity index (χ3n) is 4.30. The highest BCUT2D eigenvalue weighted by molar-refractivity contribution is 6.34. The van der Waals surface area contributed by atoms with Crippen molar-refractivity contribution in [2.45, 2.75) is 20.8 Å². The Kier molecular flexibility index (Phi) is 3.80. The van der Waals surface area contributed by atoms with E-state index in [4.69, 9.17) is 9.47 Å². The molecule has 0 saturated heterocycles. The van der Waals surface area contributed by atoms with Crippen LogP contribution in [0.5, 0.6) is 11.5 Å². The second kappa shape index (κ2) is 6.02.